The molecule has 0 aliphatic heterocycles. The molecule has 0 aliphatic carbocycles. The fraction of sp³-hybridized carbons (Fsp3) is 0.240. The molecule has 6 heteroatoms. The van der Waals surface area contributed by atoms with Gasteiger partial charge in [-0.15, -0.1) is 12.6 Å². The second-order valence-electron chi connectivity index (χ2n) is 6.48. The van der Waals surface area contributed by atoms with E-state index < -0.39 is 0 Å². The molecular weight excluding hydrogens is 408 g/mol. The van der Waals surface area contributed by atoms with Gasteiger partial charge >= 0.3 is 0 Å². The second-order valence-corrected chi connectivity index (χ2v) is 7.19. The van der Waals surface area contributed by atoms with Gasteiger partial charge < -0.3 is 20.1 Å². The molecule has 0 fully saturated rings. The molecule has 0 aromatic heterocycles. The molecule has 2 rings (SSSR count). The molecule has 31 heavy (non-hydrogen) atoms. The summed E-state index contributed by atoms with van der Waals surface area (Å²) in [6.45, 7) is 10.2. The van der Waals surface area contributed by atoms with Crippen molar-refractivity contribution in [3.8, 4) is 11.5 Å². The summed E-state index contributed by atoms with van der Waals surface area (Å²) in [6, 6.07) is 14.8. The Morgan fingerprint density at radius 3 is 2.35 bits per heavy atom. The molecule has 0 bridgehead atoms. The maximum atomic E-state index is 12.0. The van der Waals surface area contributed by atoms with Crippen molar-refractivity contribution < 1.29 is 14.3 Å². The highest BCUT2D eigenvalue weighted by molar-refractivity contribution is 7.84. The molecule has 166 valence electrons. The Morgan fingerprint density at radius 2 is 1.77 bits per heavy atom. The maximum Gasteiger partial charge on any atom is 0.243 e. The molecule has 0 saturated heterocycles. The maximum absolute atomic E-state index is 12.0. The Balaban J connectivity index is 0.000000452. The van der Waals surface area contributed by atoms with Crippen LogP contribution < -0.4 is 20.1 Å². The summed E-state index contributed by atoms with van der Waals surface area (Å²) in [7, 11) is 1.62. The number of para-hydroxylation sites is 2. The van der Waals surface area contributed by atoms with Gasteiger partial charge in [-0.2, -0.15) is 0 Å². The topological polar surface area (TPSA) is 59.6 Å². The molecule has 0 spiro atoms. The van der Waals surface area contributed by atoms with Gasteiger partial charge in [0.15, 0.2) is 0 Å². The molecule has 0 heterocycles. The van der Waals surface area contributed by atoms with Gasteiger partial charge in [-0.25, -0.2) is 0 Å². The molecule has 0 saturated carbocycles. The third kappa shape index (κ3) is 11.0. The first-order valence-corrected chi connectivity index (χ1v) is 10.4. The smallest absolute Gasteiger partial charge is 0.243 e. The molecule has 2 aromatic carbocycles. The minimum Gasteiger partial charge on any atom is -0.497 e. The zero-order valence-electron chi connectivity index (χ0n) is 18.6. The van der Waals surface area contributed by atoms with E-state index in [1.54, 1.807) is 7.11 Å². The number of nitrogens with one attached hydrogen (secondary N) is 2. The van der Waals surface area contributed by atoms with E-state index >= 15 is 0 Å². The molecule has 0 unspecified atom stereocenters. The average Bonchev–Trinajstić information content (AvgIpc) is 2.78. The lowest BCUT2D eigenvalue weighted by Gasteiger charge is -2.12. The van der Waals surface area contributed by atoms with Gasteiger partial charge in [-0.05, 0) is 62.1 Å². The largest absolute Gasteiger partial charge is 0.497 e. The van der Waals surface area contributed by atoms with Crippen molar-refractivity contribution in [2.75, 3.05) is 30.9 Å². The summed E-state index contributed by atoms with van der Waals surface area (Å²) in [5.74, 6) is 1.31. The van der Waals surface area contributed by atoms with Crippen LogP contribution in [-0.4, -0.2) is 26.2 Å². The lowest BCUT2D eigenvalue weighted by molar-refractivity contribution is -0.114. The van der Waals surface area contributed by atoms with Crippen molar-refractivity contribution in [2.45, 2.75) is 20.8 Å². The highest BCUT2D eigenvalue weighted by Crippen LogP contribution is 2.23. The van der Waals surface area contributed by atoms with Gasteiger partial charge in [0.1, 0.15) is 11.5 Å². The van der Waals surface area contributed by atoms with E-state index in [4.69, 9.17) is 9.47 Å². The van der Waals surface area contributed by atoms with Crippen molar-refractivity contribution in [1.29, 1.82) is 0 Å². The van der Waals surface area contributed by atoms with E-state index in [0.717, 1.165) is 21.9 Å². The van der Waals surface area contributed by atoms with Gasteiger partial charge in [0.25, 0.3) is 0 Å². The molecule has 2 N–H and O–H groups in total. The SMILES string of the molecule is C=C/C(C)=C\C=C(/C)S.CCOc1ccccc1NC(=O)CNc1ccc(OC)cc1. The molecule has 0 radical (unpaired) electrons. The van der Waals surface area contributed by atoms with Crippen molar-refractivity contribution in [2.24, 2.45) is 0 Å². The summed E-state index contributed by atoms with van der Waals surface area (Å²) in [6.07, 6.45) is 5.74. The van der Waals surface area contributed by atoms with Gasteiger partial charge in [-0.3, -0.25) is 4.79 Å². The summed E-state index contributed by atoms with van der Waals surface area (Å²) in [4.78, 5) is 13.0. The summed E-state index contributed by atoms with van der Waals surface area (Å²) in [5.41, 5.74) is 2.68. The Hall–Kier alpha value is -3.12. The van der Waals surface area contributed by atoms with Crippen LogP contribution in [0, 0.1) is 0 Å². The van der Waals surface area contributed by atoms with Crippen LogP contribution in [0.15, 0.2) is 83.8 Å². The van der Waals surface area contributed by atoms with Crippen LogP contribution in [0.1, 0.15) is 20.8 Å². The minimum atomic E-state index is -0.136. The number of allylic oxidation sites excluding steroid dienone is 5. The Morgan fingerprint density at radius 1 is 1.10 bits per heavy atom. The Labute approximate surface area is 191 Å². The monoisotopic (exact) mass is 440 g/mol. The molecule has 0 aliphatic rings. The van der Waals surface area contributed by atoms with E-state index in [0.29, 0.717) is 18.0 Å². The van der Waals surface area contributed by atoms with E-state index in [-0.39, 0.29) is 12.5 Å². The quantitative estimate of drug-likeness (QED) is 0.326. The zero-order valence-corrected chi connectivity index (χ0v) is 19.5. The van der Waals surface area contributed by atoms with Crippen molar-refractivity contribution in [1.82, 2.24) is 0 Å². The summed E-state index contributed by atoms with van der Waals surface area (Å²) in [5, 5.41) is 5.90. The number of rotatable bonds is 9. The number of carbonyl (C=O) groups is 1. The average molecular weight is 441 g/mol. The van der Waals surface area contributed by atoms with Crippen LogP contribution >= 0.6 is 12.6 Å². The van der Waals surface area contributed by atoms with Crippen molar-refractivity contribution in [3.05, 3.63) is 83.8 Å². The molecular formula is C25H32N2O3S. The van der Waals surface area contributed by atoms with Crippen LogP contribution in [0.4, 0.5) is 11.4 Å². The zero-order chi connectivity index (χ0) is 23.1. The number of anilines is 2. The van der Waals surface area contributed by atoms with Gasteiger partial charge in [0.2, 0.25) is 5.91 Å². The van der Waals surface area contributed by atoms with Gasteiger partial charge in [0, 0.05) is 5.69 Å². The van der Waals surface area contributed by atoms with Crippen LogP contribution in [0.2, 0.25) is 0 Å². The normalized spacial score (nSPS) is 11.0. The lowest BCUT2D eigenvalue weighted by Crippen LogP contribution is -2.22. The third-order valence-corrected chi connectivity index (χ3v) is 4.06. The fourth-order valence-corrected chi connectivity index (χ4v) is 2.33. The number of amides is 1. The Bertz CT molecular complexity index is 886. The summed E-state index contributed by atoms with van der Waals surface area (Å²) < 4.78 is 10.6. The van der Waals surface area contributed by atoms with Gasteiger partial charge in [-0.1, -0.05) is 42.5 Å². The van der Waals surface area contributed by atoms with Crippen LogP contribution in [0.25, 0.3) is 0 Å². The van der Waals surface area contributed by atoms with Crippen LogP contribution in [0.3, 0.4) is 0 Å². The van der Waals surface area contributed by atoms with Crippen molar-refractivity contribution in [3.63, 3.8) is 0 Å². The van der Waals surface area contributed by atoms with E-state index in [1.165, 1.54) is 0 Å². The number of ether oxygens (including phenoxy) is 2. The molecule has 1 amide bonds. The first-order chi connectivity index (χ1) is 14.9. The number of benzene rings is 2. The number of methoxy groups -OCH3 is 1. The first kappa shape index (κ1) is 25.9. The van der Waals surface area contributed by atoms with Crippen LogP contribution in [0.5, 0.6) is 11.5 Å². The summed E-state index contributed by atoms with van der Waals surface area (Å²) >= 11 is 4.09. The number of thiol groups is 1. The predicted octanol–water partition coefficient (Wildman–Crippen LogP) is 6.10. The fourth-order valence-electron chi connectivity index (χ4n) is 2.26. The lowest BCUT2D eigenvalue weighted by atomic mass is 10.3. The molecule has 2 aromatic rings. The van der Waals surface area contributed by atoms with E-state index in [1.807, 2.05) is 87.5 Å². The predicted molar refractivity (Wildman–Crippen MR) is 134 cm³/mol. The Kier molecular flexibility index (Phi) is 12.4. The minimum absolute atomic E-state index is 0.136. The van der Waals surface area contributed by atoms with Crippen LogP contribution in [-0.2, 0) is 4.79 Å². The number of hydrogen-bond acceptors (Lipinski definition) is 5. The molecule has 5 nitrogen and oxygen atoms in total. The highest BCUT2D eigenvalue weighted by atomic mass is 32.1. The second kappa shape index (κ2) is 14.8. The first-order valence-electron chi connectivity index (χ1n) is 9.95. The van der Waals surface area contributed by atoms with Crippen molar-refractivity contribution >= 4 is 29.9 Å². The van der Waals surface area contributed by atoms with E-state index in [9.17, 15) is 4.79 Å². The third-order valence-electron chi connectivity index (χ3n) is 3.91. The number of hydrogen-bond donors (Lipinski definition) is 3. The number of carbonyl (C=O) groups excluding carboxylic acids is 1. The van der Waals surface area contributed by atoms with Gasteiger partial charge in [0.05, 0.1) is 25.9 Å². The molecule has 0 atom stereocenters. The standard InChI is InChI=1S/C17H20N2O3.C8H12S/c1-3-22-16-7-5-4-6-15(16)19-17(20)12-18-13-8-10-14(21-2)11-9-13;1-4-7(2)5-6-8(3)9/h4-11,18H,3,12H2,1-2H3,(H,19,20);4-6,9H,1H2,2-3H3/b;7-5-,8-6+. The highest BCUT2D eigenvalue weighted by Gasteiger charge is 2.07. The van der Waals surface area contributed by atoms with E-state index in [2.05, 4.69) is 29.8 Å².